The largest absolute Gasteiger partial charge is 0.485 e. The van der Waals surface area contributed by atoms with Crippen molar-refractivity contribution in [1.29, 1.82) is 0 Å². The summed E-state index contributed by atoms with van der Waals surface area (Å²) in [6.45, 7) is 4.11. The number of ether oxygens (including phenoxy) is 1. The summed E-state index contributed by atoms with van der Waals surface area (Å²) >= 11 is 1.64. The second-order valence-corrected chi connectivity index (χ2v) is 6.17. The second kappa shape index (κ2) is 6.23. The molecule has 0 aliphatic carbocycles. The summed E-state index contributed by atoms with van der Waals surface area (Å²) in [5, 5.41) is 4.87. The molecule has 3 rings (SSSR count). The minimum Gasteiger partial charge on any atom is -0.485 e. The Bertz CT molecular complexity index is 785. The fourth-order valence-corrected chi connectivity index (χ4v) is 2.84. The zero-order valence-electron chi connectivity index (χ0n) is 12.2. The average molecular weight is 319 g/mol. The highest BCUT2D eigenvalue weighted by atomic mass is 32.1. The number of hydrogen-bond acceptors (Lipinski definition) is 6. The van der Waals surface area contributed by atoms with E-state index in [1.54, 1.807) is 23.5 Å². The Labute approximate surface area is 130 Å². The molecule has 0 amide bonds. The van der Waals surface area contributed by atoms with Crippen molar-refractivity contribution in [3.63, 3.8) is 0 Å². The van der Waals surface area contributed by atoms with E-state index >= 15 is 0 Å². The van der Waals surface area contributed by atoms with Crippen LogP contribution < -0.4 is 4.74 Å². The molecule has 0 aliphatic rings. The third-order valence-electron chi connectivity index (χ3n) is 2.99. The van der Waals surface area contributed by atoms with Crippen LogP contribution in [0.1, 0.15) is 27.3 Å². The van der Waals surface area contributed by atoms with E-state index in [1.807, 2.05) is 13.8 Å². The molecule has 3 aromatic rings. The molecule has 0 bridgehead atoms. The van der Waals surface area contributed by atoms with Gasteiger partial charge in [0.2, 0.25) is 11.7 Å². The van der Waals surface area contributed by atoms with Gasteiger partial charge in [0.15, 0.2) is 6.61 Å². The van der Waals surface area contributed by atoms with Gasteiger partial charge in [0.05, 0.1) is 17.1 Å². The van der Waals surface area contributed by atoms with Gasteiger partial charge < -0.3 is 9.26 Å². The zero-order valence-corrected chi connectivity index (χ0v) is 13.0. The number of benzene rings is 1. The topological polar surface area (TPSA) is 61.0 Å². The van der Waals surface area contributed by atoms with Gasteiger partial charge in [-0.1, -0.05) is 11.2 Å². The molecular weight excluding hydrogens is 305 g/mol. The quantitative estimate of drug-likeness (QED) is 0.721. The van der Waals surface area contributed by atoms with Gasteiger partial charge in [-0.3, -0.25) is 0 Å². The molecule has 0 saturated carbocycles. The van der Waals surface area contributed by atoms with E-state index in [1.165, 1.54) is 12.1 Å². The van der Waals surface area contributed by atoms with E-state index in [0.717, 1.165) is 15.6 Å². The van der Waals surface area contributed by atoms with Crippen LogP contribution in [0.25, 0.3) is 0 Å². The molecule has 0 radical (unpaired) electrons. The normalized spacial score (nSPS) is 10.9. The van der Waals surface area contributed by atoms with Crippen molar-refractivity contribution in [2.75, 3.05) is 0 Å². The minimum atomic E-state index is -0.347. The molecule has 7 heteroatoms. The van der Waals surface area contributed by atoms with E-state index < -0.39 is 0 Å². The summed E-state index contributed by atoms with van der Waals surface area (Å²) in [5.41, 5.74) is 0.948. The molecule has 0 spiro atoms. The van der Waals surface area contributed by atoms with Gasteiger partial charge >= 0.3 is 0 Å². The lowest BCUT2D eigenvalue weighted by Crippen LogP contribution is -1.98. The van der Waals surface area contributed by atoms with Crippen LogP contribution in [-0.2, 0) is 13.0 Å². The van der Waals surface area contributed by atoms with Crippen LogP contribution >= 0.6 is 11.3 Å². The number of aromatic nitrogens is 3. The molecular formula is C15H14FN3O2S. The van der Waals surface area contributed by atoms with Crippen LogP contribution in [0.2, 0.25) is 0 Å². The van der Waals surface area contributed by atoms with Gasteiger partial charge in [0.1, 0.15) is 11.6 Å². The molecule has 22 heavy (non-hydrogen) atoms. The number of nitrogens with zero attached hydrogens (tertiary/aromatic N) is 3. The molecule has 1 aromatic carbocycles. The first-order valence-corrected chi connectivity index (χ1v) is 7.54. The molecule has 0 fully saturated rings. The summed E-state index contributed by atoms with van der Waals surface area (Å²) in [6.07, 6.45) is 0.503. The van der Waals surface area contributed by atoms with Crippen molar-refractivity contribution in [2.45, 2.75) is 26.9 Å². The maximum Gasteiger partial charge on any atom is 0.232 e. The molecule has 0 saturated heterocycles. The van der Waals surface area contributed by atoms with E-state index in [-0.39, 0.29) is 12.4 Å². The zero-order chi connectivity index (χ0) is 15.5. The number of thiazole rings is 1. The summed E-state index contributed by atoms with van der Waals surface area (Å²) in [6, 6.07) is 5.92. The van der Waals surface area contributed by atoms with Crippen LogP contribution in [0.4, 0.5) is 4.39 Å². The predicted octanol–water partition coefficient (Wildman–Crippen LogP) is 3.45. The lowest BCUT2D eigenvalue weighted by Gasteiger charge is -2.02. The Morgan fingerprint density at radius 2 is 2.14 bits per heavy atom. The first-order valence-electron chi connectivity index (χ1n) is 6.73. The molecule has 114 valence electrons. The van der Waals surface area contributed by atoms with Gasteiger partial charge in [-0.2, -0.15) is 4.98 Å². The molecule has 2 aromatic heterocycles. The Morgan fingerprint density at radius 3 is 2.86 bits per heavy atom. The van der Waals surface area contributed by atoms with Gasteiger partial charge in [0.25, 0.3) is 0 Å². The summed E-state index contributed by atoms with van der Waals surface area (Å²) in [7, 11) is 0. The van der Waals surface area contributed by atoms with Crippen molar-refractivity contribution >= 4 is 11.3 Å². The molecule has 0 unspecified atom stereocenters. The van der Waals surface area contributed by atoms with Crippen LogP contribution in [0.5, 0.6) is 5.75 Å². The smallest absolute Gasteiger partial charge is 0.232 e. The number of hydrogen-bond donors (Lipinski definition) is 0. The van der Waals surface area contributed by atoms with E-state index in [9.17, 15) is 4.39 Å². The highest BCUT2D eigenvalue weighted by Gasteiger charge is 2.12. The van der Waals surface area contributed by atoms with E-state index in [2.05, 4.69) is 15.1 Å². The van der Waals surface area contributed by atoms with Gasteiger partial charge in [-0.15, -0.1) is 11.3 Å². The number of halogens is 1. The molecule has 5 nitrogen and oxygen atoms in total. The van der Waals surface area contributed by atoms with E-state index in [0.29, 0.717) is 23.9 Å². The van der Waals surface area contributed by atoms with Crippen LogP contribution in [-0.4, -0.2) is 15.1 Å². The fraction of sp³-hybridized carbons (Fsp3) is 0.267. The third-order valence-corrected chi connectivity index (χ3v) is 3.92. The number of aryl methyl sites for hydroxylation is 2. The van der Waals surface area contributed by atoms with Crippen LogP contribution in [0.15, 0.2) is 28.8 Å². The Balaban J connectivity index is 1.63. The highest BCUT2D eigenvalue weighted by molar-refractivity contribution is 7.11. The fourth-order valence-electron chi connectivity index (χ4n) is 2.00. The third kappa shape index (κ3) is 3.48. The summed E-state index contributed by atoms with van der Waals surface area (Å²) < 4.78 is 23.7. The van der Waals surface area contributed by atoms with Crippen LogP contribution in [0.3, 0.4) is 0 Å². The Kier molecular flexibility index (Phi) is 4.15. The van der Waals surface area contributed by atoms with Gasteiger partial charge in [-0.05, 0) is 26.0 Å². The molecule has 0 N–H and O–H groups in total. The van der Waals surface area contributed by atoms with Gasteiger partial charge in [-0.25, -0.2) is 9.37 Å². The molecule has 2 heterocycles. The summed E-state index contributed by atoms with van der Waals surface area (Å²) in [5.74, 6) is 0.994. The summed E-state index contributed by atoms with van der Waals surface area (Å²) in [4.78, 5) is 9.84. The predicted molar refractivity (Wildman–Crippen MR) is 79.4 cm³/mol. The monoisotopic (exact) mass is 319 g/mol. The van der Waals surface area contributed by atoms with Crippen molar-refractivity contribution in [2.24, 2.45) is 0 Å². The SMILES string of the molecule is Cc1nc(Cc2nc(COc3cccc(F)c3)no2)c(C)s1. The van der Waals surface area contributed by atoms with Crippen molar-refractivity contribution in [3.05, 3.63) is 57.4 Å². The molecule has 0 aliphatic heterocycles. The Morgan fingerprint density at radius 1 is 1.27 bits per heavy atom. The maximum absolute atomic E-state index is 13.0. The van der Waals surface area contributed by atoms with Crippen molar-refractivity contribution < 1.29 is 13.7 Å². The van der Waals surface area contributed by atoms with Crippen LogP contribution in [0, 0.1) is 19.7 Å². The maximum atomic E-state index is 13.0. The lowest BCUT2D eigenvalue weighted by molar-refractivity contribution is 0.284. The first-order chi connectivity index (χ1) is 10.6. The van der Waals surface area contributed by atoms with E-state index in [4.69, 9.17) is 9.26 Å². The van der Waals surface area contributed by atoms with Crippen molar-refractivity contribution in [1.82, 2.24) is 15.1 Å². The van der Waals surface area contributed by atoms with Gasteiger partial charge in [0, 0.05) is 10.9 Å². The van der Waals surface area contributed by atoms with Crippen molar-refractivity contribution in [3.8, 4) is 5.75 Å². The average Bonchev–Trinajstić information content (AvgIpc) is 3.04. The first kappa shape index (κ1) is 14.6. The number of rotatable bonds is 5. The standard InChI is InChI=1S/C15H14FN3O2S/c1-9-13(17-10(2)22-9)7-15-18-14(19-21-15)8-20-12-5-3-4-11(16)6-12/h3-6H,7-8H2,1-2H3. The lowest BCUT2D eigenvalue weighted by atomic mass is 10.3. The molecule has 0 atom stereocenters. The minimum absolute atomic E-state index is 0.127. The highest BCUT2D eigenvalue weighted by Crippen LogP contribution is 2.19. The second-order valence-electron chi connectivity index (χ2n) is 4.76. The Hall–Kier alpha value is -2.28.